The third-order valence-electron chi connectivity index (χ3n) is 5.75. The number of methoxy groups -OCH3 is 2. The first-order chi connectivity index (χ1) is 15.0. The molecular formula is C24H30N2O5. The fraction of sp³-hybridized carbons (Fsp3) is 0.417. The zero-order valence-corrected chi connectivity index (χ0v) is 18.3. The van der Waals surface area contributed by atoms with Crippen LogP contribution < -0.4 is 14.4 Å². The predicted molar refractivity (Wildman–Crippen MR) is 119 cm³/mol. The minimum Gasteiger partial charge on any atom is -0.497 e. The summed E-state index contributed by atoms with van der Waals surface area (Å²) in [6.07, 6.45) is 1.23. The first kappa shape index (κ1) is 22.6. The summed E-state index contributed by atoms with van der Waals surface area (Å²) in [6, 6.07) is 12.5. The van der Waals surface area contributed by atoms with Crippen LogP contribution in [0, 0.1) is 12.8 Å². The van der Waals surface area contributed by atoms with Crippen molar-refractivity contribution >= 4 is 17.5 Å². The lowest BCUT2D eigenvalue weighted by Crippen LogP contribution is -2.48. The number of benzene rings is 2. The monoisotopic (exact) mass is 426 g/mol. The molecule has 1 saturated heterocycles. The number of ketones is 1. The SMILES string of the molecule is COc1ccc(N(CCO)C(=O)N2CCC(C(=O)c3ccc(OC)c(C)c3)CC2)cc1. The Balaban J connectivity index is 1.64. The van der Waals surface area contributed by atoms with E-state index >= 15 is 0 Å². The molecule has 2 aromatic rings. The highest BCUT2D eigenvalue weighted by Gasteiger charge is 2.30. The zero-order valence-electron chi connectivity index (χ0n) is 18.3. The molecule has 0 unspecified atom stereocenters. The van der Waals surface area contributed by atoms with Crippen LogP contribution in [0.15, 0.2) is 42.5 Å². The molecule has 3 rings (SSSR count). The Bertz CT molecular complexity index is 905. The molecule has 0 aliphatic carbocycles. The van der Waals surface area contributed by atoms with Crippen molar-refractivity contribution in [2.75, 3.05) is 45.4 Å². The standard InChI is InChI=1S/C24H30N2O5/c1-17-16-19(4-9-22(17)31-3)23(28)18-10-12-25(13-11-18)24(29)26(14-15-27)20-5-7-21(30-2)8-6-20/h4-9,16,18,27H,10-15H2,1-3H3. The van der Waals surface area contributed by atoms with E-state index in [-0.39, 0.29) is 30.9 Å². The van der Waals surface area contributed by atoms with Crippen LogP contribution in [0.4, 0.5) is 10.5 Å². The molecule has 7 heteroatoms. The summed E-state index contributed by atoms with van der Waals surface area (Å²) in [5, 5.41) is 9.46. The van der Waals surface area contributed by atoms with Gasteiger partial charge in [0.25, 0.3) is 0 Å². The molecule has 2 amide bonds. The molecule has 0 spiro atoms. The Kier molecular flexibility index (Phi) is 7.52. The van der Waals surface area contributed by atoms with E-state index in [1.165, 1.54) is 0 Å². The summed E-state index contributed by atoms with van der Waals surface area (Å²) in [7, 11) is 3.20. The number of hydrogen-bond donors (Lipinski definition) is 1. The number of anilines is 1. The number of likely N-dealkylation sites (tertiary alicyclic amines) is 1. The van der Waals surface area contributed by atoms with Gasteiger partial charge in [-0.1, -0.05) is 0 Å². The lowest BCUT2D eigenvalue weighted by atomic mass is 9.88. The molecule has 1 aliphatic heterocycles. The number of aliphatic hydroxyl groups excluding tert-OH is 1. The number of amides is 2. The van der Waals surface area contributed by atoms with E-state index in [1.807, 2.05) is 19.1 Å². The second kappa shape index (κ2) is 10.3. The Morgan fingerprint density at radius 3 is 2.29 bits per heavy atom. The minimum atomic E-state index is -0.162. The molecule has 31 heavy (non-hydrogen) atoms. The lowest BCUT2D eigenvalue weighted by molar-refractivity contribution is 0.0856. The molecular weight excluding hydrogens is 396 g/mol. The van der Waals surface area contributed by atoms with E-state index in [0.29, 0.717) is 42.9 Å². The number of ether oxygens (including phenoxy) is 2. The first-order valence-electron chi connectivity index (χ1n) is 10.5. The van der Waals surface area contributed by atoms with Gasteiger partial charge in [0.1, 0.15) is 11.5 Å². The number of hydrogen-bond acceptors (Lipinski definition) is 5. The van der Waals surface area contributed by atoms with Crippen molar-refractivity contribution in [3.8, 4) is 11.5 Å². The van der Waals surface area contributed by atoms with E-state index in [1.54, 1.807) is 54.4 Å². The quantitative estimate of drug-likeness (QED) is 0.686. The van der Waals surface area contributed by atoms with Gasteiger partial charge in [0.05, 0.1) is 27.4 Å². The van der Waals surface area contributed by atoms with Crippen LogP contribution in [-0.4, -0.2) is 62.3 Å². The van der Waals surface area contributed by atoms with Gasteiger partial charge in [-0.3, -0.25) is 9.69 Å². The fourth-order valence-electron chi connectivity index (χ4n) is 3.97. The summed E-state index contributed by atoms with van der Waals surface area (Å²) >= 11 is 0. The van der Waals surface area contributed by atoms with E-state index in [9.17, 15) is 14.7 Å². The summed E-state index contributed by atoms with van der Waals surface area (Å²) in [5.74, 6) is 1.47. The van der Waals surface area contributed by atoms with Gasteiger partial charge >= 0.3 is 6.03 Å². The third kappa shape index (κ3) is 5.17. The number of Topliss-reactive ketones (excluding diaryl/α,β-unsaturated/α-hetero) is 1. The molecule has 0 aromatic heterocycles. The van der Waals surface area contributed by atoms with Crippen LogP contribution in [0.3, 0.4) is 0 Å². The van der Waals surface area contributed by atoms with Gasteiger partial charge in [-0.2, -0.15) is 0 Å². The Labute approximate surface area is 183 Å². The molecule has 1 N–H and O–H groups in total. The summed E-state index contributed by atoms with van der Waals surface area (Å²) in [4.78, 5) is 29.4. The molecule has 2 aromatic carbocycles. The van der Waals surface area contributed by atoms with Crippen molar-refractivity contribution in [3.05, 3.63) is 53.6 Å². The van der Waals surface area contributed by atoms with Gasteiger partial charge in [-0.05, 0) is 67.8 Å². The number of carbonyl (C=O) groups excluding carboxylic acids is 2. The lowest BCUT2D eigenvalue weighted by Gasteiger charge is -2.35. The van der Waals surface area contributed by atoms with Crippen LogP contribution in [-0.2, 0) is 0 Å². The maximum absolute atomic E-state index is 13.1. The van der Waals surface area contributed by atoms with Crippen LogP contribution in [0.5, 0.6) is 11.5 Å². The minimum absolute atomic E-state index is 0.107. The summed E-state index contributed by atoms with van der Waals surface area (Å²) < 4.78 is 10.4. The van der Waals surface area contributed by atoms with Gasteiger partial charge < -0.3 is 19.5 Å². The number of rotatable bonds is 7. The Hall–Kier alpha value is -3.06. The van der Waals surface area contributed by atoms with Crippen LogP contribution in [0.25, 0.3) is 0 Å². The predicted octanol–water partition coefficient (Wildman–Crippen LogP) is 3.53. The van der Waals surface area contributed by atoms with Crippen LogP contribution in [0.2, 0.25) is 0 Å². The van der Waals surface area contributed by atoms with Crippen molar-refractivity contribution in [1.82, 2.24) is 4.90 Å². The van der Waals surface area contributed by atoms with E-state index < -0.39 is 0 Å². The molecule has 0 saturated carbocycles. The molecule has 0 bridgehead atoms. The van der Waals surface area contributed by atoms with Gasteiger partial charge in [-0.25, -0.2) is 4.79 Å². The van der Waals surface area contributed by atoms with Crippen molar-refractivity contribution in [2.24, 2.45) is 5.92 Å². The summed E-state index contributed by atoms with van der Waals surface area (Å²) in [5.41, 5.74) is 2.31. The van der Waals surface area contributed by atoms with Crippen molar-refractivity contribution in [1.29, 1.82) is 0 Å². The smallest absolute Gasteiger partial charge is 0.324 e. The number of urea groups is 1. The Morgan fingerprint density at radius 2 is 1.74 bits per heavy atom. The van der Waals surface area contributed by atoms with Crippen molar-refractivity contribution < 1.29 is 24.2 Å². The topological polar surface area (TPSA) is 79.3 Å². The maximum Gasteiger partial charge on any atom is 0.324 e. The summed E-state index contributed by atoms with van der Waals surface area (Å²) in [6.45, 7) is 3.00. The highest BCUT2D eigenvalue weighted by Crippen LogP contribution is 2.27. The highest BCUT2D eigenvalue weighted by atomic mass is 16.5. The van der Waals surface area contributed by atoms with Crippen molar-refractivity contribution in [2.45, 2.75) is 19.8 Å². The van der Waals surface area contributed by atoms with E-state index in [4.69, 9.17) is 9.47 Å². The van der Waals surface area contributed by atoms with Gasteiger partial charge in [0, 0.05) is 30.3 Å². The van der Waals surface area contributed by atoms with Crippen LogP contribution >= 0.6 is 0 Å². The maximum atomic E-state index is 13.1. The third-order valence-corrected chi connectivity index (χ3v) is 5.75. The number of piperidine rings is 1. The molecule has 0 atom stereocenters. The number of aryl methyl sites for hydroxylation is 1. The van der Waals surface area contributed by atoms with Gasteiger partial charge in [0.2, 0.25) is 0 Å². The van der Waals surface area contributed by atoms with Gasteiger partial charge in [-0.15, -0.1) is 0 Å². The number of carbonyl (C=O) groups is 2. The largest absolute Gasteiger partial charge is 0.497 e. The van der Waals surface area contributed by atoms with Crippen LogP contribution in [0.1, 0.15) is 28.8 Å². The molecule has 7 nitrogen and oxygen atoms in total. The molecule has 0 radical (unpaired) electrons. The Morgan fingerprint density at radius 1 is 1.06 bits per heavy atom. The second-order valence-electron chi connectivity index (χ2n) is 7.67. The molecule has 166 valence electrons. The zero-order chi connectivity index (χ0) is 22.4. The number of aliphatic hydroxyl groups is 1. The fourth-order valence-corrected chi connectivity index (χ4v) is 3.97. The van der Waals surface area contributed by atoms with Crippen molar-refractivity contribution in [3.63, 3.8) is 0 Å². The van der Waals surface area contributed by atoms with E-state index in [2.05, 4.69) is 0 Å². The molecule has 1 fully saturated rings. The molecule has 1 heterocycles. The average Bonchev–Trinajstić information content (AvgIpc) is 2.82. The highest BCUT2D eigenvalue weighted by molar-refractivity contribution is 5.98. The normalized spacial score (nSPS) is 14.3. The first-order valence-corrected chi connectivity index (χ1v) is 10.5. The van der Waals surface area contributed by atoms with E-state index in [0.717, 1.165) is 11.3 Å². The molecule has 1 aliphatic rings. The second-order valence-corrected chi connectivity index (χ2v) is 7.67. The average molecular weight is 427 g/mol. The van der Waals surface area contributed by atoms with Gasteiger partial charge in [0.15, 0.2) is 5.78 Å². The number of nitrogens with zero attached hydrogens (tertiary/aromatic N) is 2.